The molecular weight excluding hydrogens is 278 g/mol. The Hall–Kier alpha value is -0.210. The molecule has 0 radical (unpaired) electrons. The van der Waals surface area contributed by atoms with Crippen LogP contribution in [-0.4, -0.2) is 62.0 Å². The van der Waals surface area contributed by atoms with E-state index in [0.717, 1.165) is 32.1 Å². The number of piperidine rings is 2. The van der Waals surface area contributed by atoms with Crippen molar-refractivity contribution < 1.29 is 13.2 Å². The molecule has 2 unspecified atom stereocenters. The van der Waals surface area contributed by atoms with Crippen molar-refractivity contribution in [1.82, 2.24) is 8.61 Å². The number of nitrogens with zero attached hydrogens (tertiary/aromatic N) is 2. The molecule has 0 amide bonds. The highest BCUT2D eigenvalue weighted by atomic mass is 32.2. The van der Waals surface area contributed by atoms with Crippen LogP contribution < -0.4 is 5.73 Å². The average molecular weight is 305 g/mol. The molecule has 0 saturated carbocycles. The third kappa shape index (κ3) is 3.51. The second-order valence-electron chi connectivity index (χ2n) is 5.58. The van der Waals surface area contributed by atoms with Gasteiger partial charge in [-0.25, -0.2) is 0 Å². The van der Waals surface area contributed by atoms with Crippen molar-refractivity contribution >= 4 is 10.2 Å². The van der Waals surface area contributed by atoms with Crippen LogP contribution in [0, 0.1) is 0 Å². The number of hydrogen-bond donors (Lipinski definition) is 1. The van der Waals surface area contributed by atoms with E-state index in [1.807, 2.05) is 6.92 Å². The molecule has 2 N–H and O–H groups in total. The van der Waals surface area contributed by atoms with E-state index >= 15 is 0 Å². The minimum Gasteiger partial charge on any atom is -0.377 e. The smallest absolute Gasteiger partial charge is 0.282 e. The first kappa shape index (κ1) is 16.2. The molecule has 0 spiro atoms. The molecule has 0 bridgehead atoms. The zero-order valence-corrected chi connectivity index (χ0v) is 13.1. The Bertz CT molecular complexity index is 400. The molecule has 0 aromatic heterocycles. The van der Waals surface area contributed by atoms with Crippen LogP contribution in [0.4, 0.5) is 0 Å². The number of nitrogens with two attached hydrogens (primary N) is 1. The Morgan fingerprint density at radius 3 is 2.70 bits per heavy atom. The van der Waals surface area contributed by atoms with Crippen molar-refractivity contribution in [3.63, 3.8) is 0 Å². The lowest BCUT2D eigenvalue weighted by Gasteiger charge is -2.40. The van der Waals surface area contributed by atoms with Gasteiger partial charge in [-0.05, 0) is 32.6 Å². The highest BCUT2D eigenvalue weighted by molar-refractivity contribution is 7.86. The van der Waals surface area contributed by atoms with E-state index in [4.69, 9.17) is 10.5 Å². The molecular formula is C13H27N3O3S. The summed E-state index contributed by atoms with van der Waals surface area (Å²) in [4.78, 5) is 0. The van der Waals surface area contributed by atoms with Gasteiger partial charge < -0.3 is 10.5 Å². The topological polar surface area (TPSA) is 75.9 Å². The normalized spacial score (nSPS) is 30.5. The highest BCUT2D eigenvalue weighted by Gasteiger charge is 2.38. The van der Waals surface area contributed by atoms with Crippen LogP contribution in [0.5, 0.6) is 0 Å². The summed E-state index contributed by atoms with van der Waals surface area (Å²) in [5, 5.41) is 0. The van der Waals surface area contributed by atoms with Gasteiger partial charge in [-0.15, -0.1) is 0 Å². The lowest BCUT2D eigenvalue weighted by Crippen LogP contribution is -2.55. The Balaban J connectivity index is 2.08. The lowest BCUT2D eigenvalue weighted by atomic mass is 10.1. The van der Waals surface area contributed by atoms with Crippen LogP contribution in [0.25, 0.3) is 0 Å². The van der Waals surface area contributed by atoms with Gasteiger partial charge in [0.1, 0.15) is 0 Å². The first-order valence-corrected chi connectivity index (χ1v) is 9.08. The predicted molar refractivity (Wildman–Crippen MR) is 78.5 cm³/mol. The van der Waals surface area contributed by atoms with Crippen LogP contribution in [0.15, 0.2) is 0 Å². The molecule has 2 aliphatic heterocycles. The largest absolute Gasteiger partial charge is 0.377 e. The SMILES string of the molecule is CCOC1CCCN(S(=O)(=O)N2CCCCC2CN)C1. The molecule has 2 fully saturated rings. The number of rotatable bonds is 5. The van der Waals surface area contributed by atoms with E-state index < -0.39 is 10.2 Å². The maximum atomic E-state index is 12.8. The van der Waals surface area contributed by atoms with Crippen molar-refractivity contribution in [2.75, 3.05) is 32.8 Å². The van der Waals surface area contributed by atoms with Gasteiger partial charge in [-0.1, -0.05) is 6.42 Å². The van der Waals surface area contributed by atoms with Gasteiger partial charge in [0.15, 0.2) is 0 Å². The quantitative estimate of drug-likeness (QED) is 0.804. The molecule has 2 aliphatic rings. The molecule has 0 aromatic rings. The molecule has 6 nitrogen and oxygen atoms in total. The van der Waals surface area contributed by atoms with E-state index in [2.05, 4.69) is 0 Å². The predicted octanol–water partition coefficient (Wildman–Crippen LogP) is 0.545. The fourth-order valence-electron chi connectivity index (χ4n) is 3.15. The van der Waals surface area contributed by atoms with E-state index in [0.29, 0.717) is 32.8 Å². The van der Waals surface area contributed by atoms with Crippen molar-refractivity contribution in [3.05, 3.63) is 0 Å². The van der Waals surface area contributed by atoms with E-state index in [1.54, 1.807) is 8.61 Å². The van der Waals surface area contributed by atoms with Crippen LogP contribution >= 0.6 is 0 Å². The molecule has 2 atom stereocenters. The fraction of sp³-hybridized carbons (Fsp3) is 1.00. The van der Waals surface area contributed by atoms with E-state index in [1.165, 1.54) is 0 Å². The van der Waals surface area contributed by atoms with Crippen molar-refractivity contribution in [1.29, 1.82) is 0 Å². The first-order chi connectivity index (χ1) is 9.59. The summed E-state index contributed by atoms with van der Waals surface area (Å²) in [7, 11) is -3.39. The van der Waals surface area contributed by atoms with Gasteiger partial charge in [0.25, 0.3) is 10.2 Å². The second-order valence-corrected chi connectivity index (χ2v) is 7.46. The molecule has 7 heteroatoms. The van der Waals surface area contributed by atoms with Gasteiger partial charge >= 0.3 is 0 Å². The molecule has 2 heterocycles. The van der Waals surface area contributed by atoms with Crippen molar-refractivity contribution in [3.8, 4) is 0 Å². The zero-order valence-electron chi connectivity index (χ0n) is 12.3. The van der Waals surface area contributed by atoms with E-state index in [-0.39, 0.29) is 12.1 Å². The summed E-state index contributed by atoms with van der Waals surface area (Å²) in [6.07, 6.45) is 4.71. The van der Waals surface area contributed by atoms with E-state index in [9.17, 15) is 8.42 Å². The third-order valence-corrected chi connectivity index (χ3v) is 6.27. The lowest BCUT2D eigenvalue weighted by molar-refractivity contribution is 0.0244. The Kier molecular flexibility index (Phi) is 5.80. The minimum absolute atomic E-state index is 0.0321. The van der Waals surface area contributed by atoms with Crippen molar-refractivity contribution in [2.24, 2.45) is 5.73 Å². The van der Waals surface area contributed by atoms with Gasteiger partial charge in [-0.3, -0.25) is 0 Å². The van der Waals surface area contributed by atoms with Gasteiger partial charge in [-0.2, -0.15) is 17.0 Å². The Labute approximate surface area is 122 Å². The highest BCUT2D eigenvalue weighted by Crippen LogP contribution is 2.25. The van der Waals surface area contributed by atoms with Crippen molar-refractivity contribution in [2.45, 2.75) is 51.2 Å². The Morgan fingerprint density at radius 2 is 2.00 bits per heavy atom. The number of hydrogen-bond acceptors (Lipinski definition) is 4. The maximum absolute atomic E-state index is 12.8. The van der Waals surface area contributed by atoms with Gasteiger partial charge in [0.2, 0.25) is 0 Å². The monoisotopic (exact) mass is 305 g/mol. The van der Waals surface area contributed by atoms with Gasteiger partial charge in [0.05, 0.1) is 6.10 Å². The van der Waals surface area contributed by atoms with Crippen LogP contribution in [0.2, 0.25) is 0 Å². The summed E-state index contributed by atoms with van der Waals surface area (Å²) in [6.45, 7) is 4.65. The summed E-state index contributed by atoms with van der Waals surface area (Å²) >= 11 is 0. The standard InChI is InChI=1S/C13H27N3O3S/c1-2-19-13-7-5-8-15(11-13)20(17,18)16-9-4-3-6-12(16)10-14/h12-13H,2-11,14H2,1H3. The molecule has 2 saturated heterocycles. The Morgan fingerprint density at radius 1 is 1.20 bits per heavy atom. The minimum atomic E-state index is -3.39. The fourth-order valence-corrected chi connectivity index (χ4v) is 5.09. The summed E-state index contributed by atoms with van der Waals surface area (Å²) in [5.41, 5.74) is 5.75. The number of ether oxygens (including phenoxy) is 1. The van der Waals surface area contributed by atoms with Crippen LogP contribution in [0.3, 0.4) is 0 Å². The second kappa shape index (κ2) is 7.17. The summed E-state index contributed by atoms with van der Waals surface area (Å²) in [5.74, 6) is 0. The molecule has 0 aliphatic carbocycles. The third-order valence-electron chi connectivity index (χ3n) is 4.21. The average Bonchev–Trinajstić information content (AvgIpc) is 2.48. The van der Waals surface area contributed by atoms with Crippen LogP contribution in [0.1, 0.15) is 39.0 Å². The summed E-state index contributed by atoms with van der Waals surface area (Å²) < 4.78 is 34.4. The summed E-state index contributed by atoms with van der Waals surface area (Å²) in [6, 6.07) is -0.0405. The molecule has 2 rings (SSSR count). The first-order valence-electron chi connectivity index (χ1n) is 7.68. The van der Waals surface area contributed by atoms with Crippen LogP contribution in [-0.2, 0) is 14.9 Å². The molecule has 118 valence electrons. The molecule has 20 heavy (non-hydrogen) atoms. The molecule has 0 aromatic carbocycles. The van der Waals surface area contributed by atoms with Gasteiger partial charge in [0, 0.05) is 38.8 Å². The maximum Gasteiger partial charge on any atom is 0.282 e. The zero-order chi connectivity index (χ0) is 14.6.